The Morgan fingerprint density at radius 1 is 1.35 bits per heavy atom. The van der Waals surface area contributed by atoms with Crippen molar-refractivity contribution in [3.63, 3.8) is 0 Å². The van der Waals surface area contributed by atoms with Gasteiger partial charge in [0.1, 0.15) is 17.5 Å². The molecule has 0 aromatic carbocycles. The lowest BCUT2D eigenvalue weighted by Gasteiger charge is -2.38. The van der Waals surface area contributed by atoms with Crippen molar-refractivity contribution in [1.29, 1.82) is 0 Å². The highest BCUT2D eigenvalue weighted by Crippen LogP contribution is 2.39. The zero-order chi connectivity index (χ0) is 14.2. The van der Waals surface area contributed by atoms with E-state index in [1.165, 1.54) is 25.7 Å². The van der Waals surface area contributed by atoms with E-state index in [2.05, 4.69) is 42.0 Å². The molecule has 3 rings (SSSR count). The van der Waals surface area contributed by atoms with E-state index >= 15 is 0 Å². The Kier molecular flexibility index (Phi) is 3.57. The van der Waals surface area contributed by atoms with Gasteiger partial charge in [0.05, 0.1) is 0 Å². The summed E-state index contributed by atoms with van der Waals surface area (Å²) in [7, 11) is 0. The molecule has 2 aliphatic rings. The van der Waals surface area contributed by atoms with Crippen molar-refractivity contribution in [2.75, 3.05) is 29.9 Å². The first-order valence-electron chi connectivity index (χ1n) is 7.95. The van der Waals surface area contributed by atoms with Gasteiger partial charge in [-0.1, -0.05) is 13.8 Å². The fourth-order valence-electron chi connectivity index (χ4n) is 3.03. The van der Waals surface area contributed by atoms with Crippen LogP contribution in [-0.2, 0) is 0 Å². The molecule has 1 aromatic heterocycles. The van der Waals surface area contributed by atoms with Crippen LogP contribution >= 0.6 is 0 Å². The van der Waals surface area contributed by atoms with E-state index in [1.54, 1.807) is 0 Å². The predicted molar refractivity (Wildman–Crippen MR) is 83.4 cm³/mol. The van der Waals surface area contributed by atoms with Gasteiger partial charge < -0.3 is 10.2 Å². The molecule has 2 fully saturated rings. The Balaban J connectivity index is 1.87. The fraction of sp³-hybridized carbons (Fsp3) is 0.750. The number of aromatic nitrogens is 2. The number of rotatable bonds is 4. The summed E-state index contributed by atoms with van der Waals surface area (Å²) in [5.41, 5.74) is 0.390. The van der Waals surface area contributed by atoms with Gasteiger partial charge in [-0.2, -0.15) is 0 Å². The Morgan fingerprint density at radius 2 is 2.15 bits per heavy atom. The lowest BCUT2D eigenvalue weighted by atomic mass is 9.84. The van der Waals surface area contributed by atoms with Crippen LogP contribution in [0.25, 0.3) is 0 Å². The third-order valence-corrected chi connectivity index (χ3v) is 4.25. The van der Waals surface area contributed by atoms with Crippen molar-refractivity contribution >= 4 is 11.6 Å². The molecule has 0 bridgehead atoms. The molecular weight excluding hydrogens is 248 g/mol. The van der Waals surface area contributed by atoms with Gasteiger partial charge in [0, 0.05) is 31.6 Å². The lowest BCUT2D eigenvalue weighted by molar-refractivity contribution is 0.292. The number of hydrogen-bond donors (Lipinski definition) is 1. The first-order valence-corrected chi connectivity index (χ1v) is 7.95. The van der Waals surface area contributed by atoms with Gasteiger partial charge in [-0.05, 0) is 38.0 Å². The zero-order valence-electron chi connectivity index (χ0n) is 12.9. The molecule has 0 radical (unpaired) electrons. The Hall–Kier alpha value is -1.32. The number of nitrogens with zero attached hydrogens (tertiary/aromatic N) is 3. The highest BCUT2D eigenvalue weighted by Gasteiger charge is 2.30. The van der Waals surface area contributed by atoms with Gasteiger partial charge in [-0.3, -0.25) is 0 Å². The van der Waals surface area contributed by atoms with Crippen LogP contribution < -0.4 is 10.2 Å². The highest BCUT2D eigenvalue weighted by atomic mass is 15.2. The molecule has 4 nitrogen and oxygen atoms in total. The monoisotopic (exact) mass is 274 g/mol. The summed E-state index contributed by atoms with van der Waals surface area (Å²) in [5, 5.41) is 3.35. The molecule has 110 valence electrons. The van der Waals surface area contributed by atoms with Crippen LogP contribution in [0.3, 0.4) is 0 Å². The van der Waals surface area contributed by atoms with Gasteiger partial charge in [0.15, 0.2) is 0 Å². The van der Waals surface area contributed by atoms with Gasteiger partial charge in [-0.15, -0.1) is 0 Å². The van der Waals surface area contributed by atoms with E-state index < -0.39 is 0 Å². The van der Waals surface area contributed by atoms with E-state index in [1.807, 2.05) is 0 Å². The van der Waals surface area contributed by atoms with Crippen LogP contribution in [0.15, 0.2) is 6.07 Å². The Bertz CT molecular complexity index is 479. The molecule has 0 unspecified atom stereocenters. The molecule has 0 atom stereocenters. The molecule has 20 heavy (non-hydrogen) atoms. The van der Waals surface area contributed by atoms with Crippen molar-refractivity contribution in [2.45, 2.75) is 52.4 Å². The van der Waals surface area contributed by atoms with Crippen molar-refractivity contribution in [3.05, 3.63) is 11.9 Å². The number of piperidine rings is 1. The first kappa shape index (κ1) is 13.7. The molecule has 1 aromatic rings. The Morgan fingerprint density at radius 3 is 2.80 bits per heavy atom. The average molecular weight is 274 g/mol. The molecule has 4 heteroatoms. The maximum Gasteiger partial charge on any atom is 0.136 e. The third-order valence-electron chi connectivity index (χ3n) is 4.25. The van der Waals surface area contributed by atoms with Crippen LogP contribution in [0.4, 0.5) is 11.6 Å². The van der Waals surface area contributed by atoms with Gasteiger partial charge in [0.25, 0.3) is 0 Å². The smallest absolute Gasteiger partial charge is 0.136 e. The van der Waals surface area contributed by atoms with E-state index in [9.17, 15) is 0 Å². The van der Waals surface area contributed by atoms with Gasteiger partial charge >= 0.3 is 0 Å². The maximum absolute atomic E-state index is 4.84. The minimum absolute atomic E-state index is 0.390. The van der Waals surface area contributed by atoms with Crippen LogP contribution in [0.1, 0.15) is 58.2 Å². The molecule has 1 aliphatic heterocycles. The molecule has 1 aliphatic carbocycles. The van der Waals surface area contributed by atoms with E-state index in [0.717, 1.165) is 37.1 Å². The van der Waals surface area contributed by atoms with Crippen LogP contribution in [0.2, 0.25) is 0 Å². The maximum atomic E-state index is 4.84. The topological polar surface area (TPSA) is 41.0 Å². The third kappa shape index (κ3) is 3.05. The van der Waals surface area contributed by atoms with Crippen LogP contribution in [-0.4, -0.2) is 29.6 Å². The SMILES string of the molecule is CCNc1cc(N2CCCC(C)(C)C2)nc(C2CC2)n1. The van der Waals surface area contributed by atoms with Crippen molar-refractivity contribution in [2.24, 2.45) is 5.41 Å². The Labute approximate surface area is 122 Å². The van der Waals surface area contributed by atoms with E-state index in [4.69, 9.17) is 4.98 Å². The molecule has 1 saturated carbocycles. The normalized spacial score (nSPS) is 21.9. The fourth-order valence-corrected chi connectivity index (χ4v) is 3.03. The predicted octanol–water partition coefficient (Wildman–Crippen LogP) is 3.41. The van der Waals surface area contributed by atoms with Crippen LogP contribution in [0, 0.1) is 5.41 Å². The lowest BCUT2D eigenvalue weighted by Crippen LogP contribution is -2.40. The minimum Gasteiger partial charge on any atom is -0.370 e. The number of nitrogens with one attached hydrogen (secondary N) is 1. The summed E-state index contributed by atoms with van der Waals surface area (Å²) >= 11 is 0. The second kappa shape index (κ2) is 5.23. The summed E-state index contributed by atoms with van der Waals surface area (Å²) < 4.78 is 0. The quantitative estimate of drug-likeness (QED) is 0.913. The number of hydrogen-bond acceptors (Lipinski definition) is 4. The summed E-state index contributed by atoms with van der Waals surface area (Å²) in [6.07, 6.45) is 5.07. The number of anilines is 2. The average Bonchev–Trinajstić information content (AvgIpc) is 3.22. The summed E-state index contributed by atoms with van der Waals surface area (Å²) in [5.74, 6) is 3.75. The molecule has 0 spiro atoms. The second-order valence-corrected chi connectivity index (χ2v) is 6.96. The van der Waals surface area contributed by atoms with Gasteiger partial charge in [0.2, 0.25) is 0 Å². The van der Waals surface area contributed by atoms with Crippen molar-refractivity contribution in [3.8, 4) is 0 Å². The van der Waals surface area contributed by atoms with Crippen molar-refractivity contribution in [1.82, 2.24) is 9.97 Å². The zero-order valence-corrected chi connectivity index (χ0v) is 12.9. The summed E-state index contributed by atoms with van der Waals surface area (Å²) in [6.45, 7) is 9.95. The standard InChI is InChI=1S/C16H26N4/c1-4-17-13-10-14(19-15(18-13)12-6-7-12)20-9-5-8-16(2,3)11-20/h10,12H,4-9,11H2,1-3H3,(H,17,18,19). The second-order valence-electron chi connectivity index (χ2n) is 6.96. The minimum atomic E-state index is 0.390. The first-order chi connectivity index (χ1) is 9.57. The van der Waals surface area contributed by atoms with Gasteiger partial charge in [-0.25, -0.2) is 9.97 Å². The van der Waals surface area contributed by atoms with Crippen LogP contribution in [0.5, 0.6) is 0 Å². The molecular formula is C16H26N4. The largest absolute Gasteiger partial charge is 0.370 e. The molecule has 2 heterocycles. The highest BCUT2D eigenvalue weighted by molar-refractivity contribution is 5.50. The molecule has 1 N–H and O–H groups in total. The summed E-state index contributed by atoms with van der Waals surface area (Å²) in [6, 6.07) is 2.12. The van der Waals surface area contributed by atoms with E-state index in [-0.39, 0.29) is 0 Å². The van der Waals surface area contributed by atoms with Crippen molar-refractivity contribution < 1.29 is 0 Å². The van der Waals surface area contributed by atoms with E-state index in [0.29, 0.717) is 11.3 Å². The summed E-state index contributed by atoms with van der Waals surface area (Å²) in [4.78, 5) is 12.0. The molecule has 0 amide bonds. The molecule has 1 saturated heterocycles.